The van der Waals surface area contributed by atoms with Crippen LogP contribution in [0.2, 0.25) is 0 Å². The van der Waals surface area contributed by atoms with Crippen LogP contribution in [0, 0.1) is 0 Å². The number of benzene rings is 1. The highest BCUT2D eigenvalue weighted by atomic mass is 16.8. The summed E-state index contributed by atoms with van der Waals surface area (Å²) in [4.78, 5) is 4.38. The van der Waals surface area contributed by atoms with Crippen molar-refractivity contribution in [3.8, 4) is 11.5 Å². The van der Waals surface area contributed by atoms with Crippen molar-refractivity contribution in [2.24, 2.45) is 0 Å². The third-order valence-corrected chi connectivity index (χ3v) is 7.99. The molecule has 2 unspecified atom stereocenters. The Morgan fingerprint density at radius 1 is 0.487 bits per heavy atom. The average molecular weight is 547 g/mol. The monoisotopic (exact) mass is 546 g/mol. The van der Waals surface area contributed by atoms with Crippen LogP contribution in [0.4, 0.5) is 0 Å². The van der Waals surface area contributed by atoms with Crippen LogP contribution >= 0.6 is 0 Å². The van der Waals surface area contributed by atoms with E-state index < -0.39 is 12.8 Å². The second-order valence-electron chi connectivity index (χ2n) is 11.8. The molecule has 1 aliphatic heterocycles. The van der Waals surface area contributed by atoms with Crippen LogP contribution in [0.25, 0.3) is 0 Å². The minimum atomic E-state index is -0.452. The zero-order valence-corrected chi connectivity index (χ0v) is 26.1. The quantitative estimate of drug-likeness (QED) is 0.121. The van der Waals surface area contributed by atoms with E-state index in [2.05, 4.69) is 37.7 Å². The first-order valence-electron chi connectivity index (χ1n) is 16.6. The molecule has 39 heavy (non-hydrogen) atoms. The predicted octanol–water partition coefficient (Wildman–Crippen LogP) is 9.75. The van der Waals surface area contributed by atoms with Gasteiger partial charge in [-0.05, 0) is 39.1 Å². The van der Waals surface area contributed by atoms with Crippen LogP contribution in [0.5, 0.6) is 11.5 Å². The largest absolute Gasteiger partial charge is 0.447 e. The highest BCUT2D eigenvalue weighted by molar-refractivity contribution is 5.39. The minimum Gasteiger partial charge on any atom is -0.447 e. The van der Waals surface area contributed by atoms with Gasteiger partial charge in [-0.1, -0.05) is 142 Å². The number of fused-ring (bicyclic) bond motifs is 1. The molecule has 0 saturated carbocycles. The Labute approximate surface area is 242 Å². The van der Waals surface area contributed by atoms with Gasteiger partial charge in [-0.2, -0.15) is 0 Å². The Morgan fingerprint density at radius 3 is 1.13 bits per heavy atom. The lowest BCUT2D eigenvalue weighted by Crippen LogP contribution is -2.47. The number of para-hydroxylation sites is 2. The second kappa shape index (κ2) is 22.4. The van der Waals surface area contributed by atoms with E-state index in [4.69, 9.17) is 14.2 Å². The van der Waals surface area contributed by atoms with E-state index >= 15 is 0 Å². The number of unbranched alkanes of at least 4 members (excludes halogenated alkanes) is 18. The molecule has 5 heteroatoms. The van der Waals surface area contributed by atoms with Gasteiger partial charge >= 0.3 is 0 Å². The van der Waals surface area contributed by atoms with Crippen molar-refractivity contribution >= 4 is 0 Å². The zero-order valence-electron chi connectivity index (χ0n) is 26.1. The van der Waals surface area contributed by atoms with E-state index in [1.807, 2.05) is 24.3 Å². The lowest BCUT2D eigenvalue weighted by molar-refractivity contribution is -0.268. The molecule has 2 atom stereocenters. The highest BCUT2D eigenvalue weighted by Gasteiger charge is 2.31. The van der Waals surface area contributed by atoms with E-state index in [0.29, 0.717) is 0 Å². The van der Waals surface area contributed by atoms with Crippen LogP contribution in [-0.4, -0.2) is 49.8 Å². The summed E-state index contributed by atoms with van der Waals surface area (Å²) in [6.07, 6.45) is 26.0. The second-order valence-corrected chi connectivity index (χ2v) is 11.8. The topological polar surface area (TPSA) is 34.2 Å². The number of rotatable bonds is 24. The molecule has 226 valence electrons. The maximum absolute atomic E-state index is 6.41. The number of hydrogen-bond donors (Lipinski definition) is 0. The fourth-order valence-corrected chi connectivity index (χ4v) is 5.31. The molecule has 1 heterocycles. The molecule has 1 aromatic rings. The van der Waals surface area contributed by atoms with Crippen LogP contribution < -0.4 is 9.47 Å². The van der Waals surface area contributed by atoms with Crippen LogP contribution in [0.15, 0.2) is 24.3 Å². The van der Waals surface area contributed by atoms with Crippen molar-refractivity contribution in [1.29, 1.82) is 0 Å². The van der Waals surface area contributed by atoms with E-state index in [1.165, 1.54) is 116 Å². The van der Waals surface area contributed by atoms with Crippen molar-refractivity contribution in [2.45, 2.75) is 155 Å². The first kappa shape index (κ1) is 33.9. The number of ether oxygens (including phenoxy) is 3. The molecule has 0 radical (unpaired) electrons. The summed E-state index contributed by atoms with van der Waals surface area (Å²) in [5, 5.41) is 0. The highest BCUT2D eigenvalue weighted by Crippen LogP contribution is 2.33. The Hall–Kier alpha value is -1.30. The summed E-state index contributed by atoms with van der Waals surface area (Å²) in [6.45, 7) is 6.48. The van der Waals surface area contributed by atoms with Gasteiger partial charge in [0.2, 0.25) is 0 Å². The molecule has 0 amide bonds. The van der Waals surface area contributed by atoms with E-state index in [9.17, 15) is 0 Å². The zero-order chi connectivity index (χ0) is 28.0. The summed E-state index contributed by atoms with van der Waals surface area (Å²) in [5.74, 6) is 1.51. The van der Waals surface area contributed by atoms with E-state index in [0.717, 1.165) is 37.4 Å². The number of hydrogen-bond acceptors (Lipinski definition) is 5. The molecule has 0 spiro atoms. The SMILES string of the molecule is CCCCCCCCCCCCN(C)C1Oc2ccccc2OC(N(C)CCCCCCCCCCCC)O1. The van der Waals surface area contributed by atoms with Gasteiger partial charge in [0.15, 0.2) is 11.5 Å². The standard InChI is InChI=1S/C34H62N2O3/c1-5-7-9-11-13-15-17-19-21-25-29-35(3)33-37-31-27-23-24-28-32(31)38-34(39-33)36(4)30-26-22-20-18-16-14-12-10-8-6-2/h23-24,27-28,33-34H,5-22,25-26,29-30H2,1-4H3. The Bertz CT molecular complexity index is 644. The van der Waals surface area contributed by atoms with Gasteiger partial charge < -0.3 is 9.47 Å². The smallest absolute Gasteiger partial charge is 0.266 e. The molecule has 1 aromatic carbocycles. The maximum atomic E-state index is 6.41. The fourth-order valence-electron chi connectivity index (χ4n) is 5.31. The van der Waals surface area contributed by atoms with Gasteiger partial charge in [-0.25, -0.2) is 9.80 Å². The molecule has 0 aliphatic carbocycles. The summed E-state index contributed by atoms with van der Waals surface area (Å²) in [7, 11) is 4.21. The van der Waals surface area contributed by atoms with Gasteiger partial charge in [0.05, 0.1) is 0 Å². The van der Waals surface area contributed by atoms with Crippen LogP contribution in [-0.2, 0) is 4.74 Å². The Kier molecular flexibility index (Phi) is 19.5. The minimum absolute atomic E-state index is 0.452. The Balaban J connectivity index is 1.69. The van der Waals surface area contributed by atoms with Crippen molar-refractivity contribution in [2.75, 3.05) is 27.2 Å². The molecule has 1 aliphatic rings. The Morgan fingerprint density at radius 2 is 0.795 bits per heavy atom. The molecule has 0 N–H and O–H groups in total. The summed E-state index contributed by atoms with van der Waals surface area (Å²) < 4.78 is 19.0. The third kappa shape index (κ3) is 15.3. The number of nitrogens with zero attached hydrogens (tertiary/aromatic N) is 2. The average Bonchev–Trinajstić information content (AvgIpc) is 3.15. The van der Waals surface area contributed by atoms with E-state index in [1.54, 1.807) is 0 Å². The third-order valence-electron chi connectivity index (χ3n) is 7.99. The maximum Gasteiger partial charge on any atom is 0.266 e. The van der Waals surface area contributed by atoms with Gasteiger partial charge in [0.1, 0.15) is 0 Å². The van der Waals surface area contributed by atoms with Gasteiger partial charge in [-0.15, -0.1) is 0 Å². The van der Waals surface area contributed by atoms with Crippen molar-refractivity contribution in [3.63, 3.8) is 0 Å². The molecule has 0 aromatic heterocycles. The van der Waals surface area contributed by atoms with Crippen LogP contribution in [0.3, 0.4) is 0 Å². The van der Waals surface area contributed by atoms with Gasteiger partial charge in [0, 0.05) is 13.1 Å². The summed E-state index contributed by atoms with van der Waals surface area (Å²) >= 11 is 0. The van der Waals surface area contributed by atoms with E-state index in [-0.39, 0.29) is 0 Å². The molecule has 5 nitrogen and oxygen atoms in total. The lowest BCUT2D eigenvalue weighted by atomic mass is 10.1. The molecule has 0 saturated heterocycles. The van der Waals surface area contributed by atoms with Gasteiger partial charge in [0.25, 0.3) is 12.8 Å². The molecule has 0 fully saturated rings. The summed E-state index contributed by atoms with van der Waals surface area (Å²) in [6, 6.07) is 7.94. The first-order chi connectivity index (χ1) is 19.2. The normalized spacial score (nSPS) is 17.2. The van der Waals surface area contributed by atoms with Crippen molar-refractivity contribution in [3.05, 3.63) is 24.3 Å². The molecule has 0 bridgehead atoms. The molecular weight excluding hydrogens is 484 g/mol. The molecule has 2 rings (SSSR count). The van der Waals surface area contributed by atoms with Gasteiger partial charge in [-0.3, -0.25) is 4.74 Å². The summed E-state index contributed by atoms with van der Waals surface area (Å²) in [5.41, 5.74) is 0. The predicted molar refractivity (Wildman–Crippen MR) is 165 cm³/mol. The van der Waals surface area contributed by atoms with Crippen molar-refractivity contribution in [1.82, 2.24) is 9.80 Å². The molecular formula is C34H62N2O3. The lowest BCUT2D eigenvalue weighted by Gasteiger charge is -2.31. The first-order valence-corrected chi connectivity index (χ1v) is 16.6. The van der Waals surface area contributed by atoms with Crippen molar-refractivity contribution < 1.29 is 14.2 Å². The van der Waals surface area contributed by atoms with Crippen LogP contribution in [0.1, 0.15) is 142 Å². The fraction of sp³-hybridized carbons (Fsp3) is 0.824.